The molecule has 0 amide bonds. The van der Waals surface area contributed by atoms with Crippen LogP contribution in [0.15, 0.2) is 0 Å². The van der Waals surface area contributed by atoms with Crippen molar-refractivity contribution < 1.29 is 1.37 Å². The third kappa shape index (κ3) is 1.96. The lowest BCUT2D eigenvalue weighted by atomic mass is 10.2. The van der Waals surface area contributed by atoms with Crippen LogP contribution in [0, 0.1) is 6.40 Å². The Morgan fingerprint density at radius 2 is 1.57 bits per heavy atom. The van der Waals surface area contributed by atoms with Crippen molar-refractivity contribution >= 4 is 0 Å². The minimum absolute atomic E-state index is 0.975. The zero-order chi connectivity index (χ0) is 5.82. The maximum Gasteiger partial charge on any atom is 0.0306 e. The molecule has 1 aliphatic rings. The van der Waals surface area contributed by atoms with Crippen molar-refractivity contribution in [2.24, 2.45) is 0 Å². The van der Waals surface area contributed by atoms with Crippen LogP contribution in [0.5, 0.6) is 0 Å². The molecule has 0 aliphatic heterocycles. The van der Waals surface area contributed by atoms with E-state index in [0.29, 0.717) is 0 Å². The van der Waals surface area contributed by atoms with Crippen molar-refractivity contribution in [2.45, 2.75) is 38.5 Å². The summed E-state index contributed by atoms with van der Waals surface area (Å²) in [5.74, 6) is 0. The number of hydrogen-bond donors (Lipinski definition) is 0. The molecule has 0 aromatic rings. The SMILES string of the molecule is [2H][C]1CCCCCC1. The first-order valence-electron chi connectivity index (χ1n) is 3.71. The molecule has 0 aromatic heterocycles. The summed E-state index contributed by atoms with van der Waals surface area (Å²) in [6, 6.07) is 0. The second-order valence-corrected chi connectivity index (χ2v) is 2.16. The van der Waals surface area contributed by atoms with Crippen LogP contribution in [0.4, 0.5) is 0 Å². The lowest BCUT2D eigenvalue weighted by Crippen LogP contribution is -1.68. The first-order chi connectivity index (χ1) is 3.89. The zero-order valence-corrected chi connectivity index (χ0v) is 4.74. The van der Waals surface area contributed by atoms with Gasteiger partial charge in [0.15, 0.2) is 0 Å². The summed E-state index contributed by atoms with van der Waals surface area (Å²) in [5, 5.41) is 0. The fraction of sp³-hybridized carbons (Fsp3) is 0.857. The van der Waals surface area contributed by atoms with Gasteiger partial charge in [0.25, 0.3) is 0 Å². The topological polar surface area (TPSA) is 0 Å². The molecule has 0 heterocycles. The second kappa shape index (κ2) is 3.06. The van der Waals surface area contributed by atoms with Crippen molar-refractivity contribution in [3.63, 3.8) is 0 Å². The molecule has 0 nitrogen and oxygen atoms in total. The third-order valence-corrected chi connectivity index (χ3v) is 1.46. The smallest absolute Gasteiger partial charge is 0.0306 e. The summed E-state index contributed by atoms with van der Waals surface area (Å²) < 4.78 is 7.33. The van der Waals surface area contributed by atoms with Gasteiger partial charge in [-0.1, -0.05) is 38.5 Å². The van der Waals surface area contributed by atoms with Gasteiger partial charge in [-0.15, -0.1) is 0 Å². The van der Waals surface area contributed by atoms with E-state index < -0.39 is 0 Å². The molecular formula is C7H13. The average molecular weight is 98.2 g/mol. The highest BCUT2D eigenvalue weighted by atomic mass is 14.0. The Bertz CT molecular complexity index is 53.4. The van der Waals surface area contributed by atoms with E-state index in [9.17, 15) is 0 Å². The average Bonchev–Trinajstić information content (AvgIpc) is 1.94. The van der Waals surface area contributed by atoms with E-state index in [1.165, 1.54) is 25.7 Å². The van der Waals surface area contributed by atoms with E-state index in [4.69, 9.17) is 1.37 Å². The molecule has 1 fully saturated rings. The maximum absolute atomic E-state index is 7.33. The highest BCUT2D eigenvalue weighted by Gasteiger charge is 1.95. The van der Waals surface area contributed by atoms with Gasteiger partial charge < -0.3 is 0 Å². The molecule has 0 saturated heterocycles. The number of rotatable bonds is 0. The maximum atomic E-state index is 7.33. The van der Waals surface area contributed by atoms with E-state index >= 15 is 0 Å². The first kappa shape index (κ1) is 3.94. The highest BCUT2D eigenvalue weighted by Crippen LogP contribution is 2.14. The number of hydrogen-bond acceptors (Lipinski definition) is 0. The Labute approximate surface area is 47.3 Å². The zero-order valence-electron chi connectivity index (χ0n) is 5.74. The Morgan fingerprint density at radius 3 is 2.14 bits per heavy atom. The lowest BCUT2D eigenvalue weighted by Gasteiger charge is -1.85. The Hall–Kier alpha value is 0. The van der Waals surface area contributed by atoms with Crippen molar-refractivity contribution in [1.29, 1.82) is 0 Å². The van der Waals surface area contributed by atoms with Crippen molar-refractivity contribution in [3.05, 3.63) is 6.40 Å². The van der Waals surface area contributed by atoms with Crippen LogP contribution in [-0.4, -0.2) is 0 Å². The van der Waals surface area contributed by atoms with Crippen LogP contribution in [0.2, 0.25) is 0 Å². The van der Waals surface area contributed by atoms with Gasteiger partial charge in [-0.2, -0.15) is 0 Å². The van der Waals surface area contributed by atoms with Crippen LogP contribution in [-0.2, 0) is 0 Å². The van der Waals surface area contributed by atoms with Crippen LogP contribution >= 0.6 is 0 Å². The third-order valence-electron chi connectivity index (χ3n) is 1.46. The van der Waals surface area contributed by atoms with Crippen LogP contribution < -0.4 is 0 Å². The molecule has 1 saturated carbocycles. The van der Waals surface area contributed by atoms with Crippen molar-refractivity contribution in [2.75, 3.05) is 0 Å². The summed E-state index contributed by atoms with van der Waals surface area (Å²) in [6.07, 6.45) is 8.34. The summed E-state index contributed by atoms with van der Waals surface area (Å²) in [5.41, 5.74) is 0. The molecule has 0 bridgehead atoms. The quantitative estimate of drug-likeness (QED) is 0.408. The van der Waals surface area contributed by atoms with Gasteiger partial charge in [0, 0.05) is 1.37 Å². The van der Waals surface area contributed by atoms with Crippen molar-refractivity contribution in [1.82, 2.24) is 0 Å². The predicted octanol–water partition coefficient (Wildman–Crippen LogP) is 2.54. The largest absolute Gasteiger partial charge is 0.0533 e. The summed E-state index contributed by atoms with van der Waals surface area (Å²) >= 11 is 0. The molecule has 0 spiro atoms. The van der Waals surface area contributed by atoms with Gasteiger partial charge in [0.1, 0.15) is 0 Å². The highest BCUT2D eigenvalue weighted by molar-refractivity contribution is 4.67. The van der Waals surface area contributed by atoms with Gasteiger partial charge in [0.05, 0.1) is 0 Å². The van der Waals surface area contributed by atoms with Gasteiger partial charge in [0.2, 0.25) is 0 Å². The van der Waals surface area contributed by atoms with Crippen molar-refractivity contribution in [3.8, 4) is 0 Å². The summed E-state index contributed by atoms with van der Waals surface area (Å²) in [4.78, 5) is 0. The first-order valence-corrected chi connectivity index (χ1v) is 3.21. The van der Waals surface area contributed by atoms with Crippen LogP contribution in [0.3, 0.4) is 0 Å². The molecule has 1 rings (SSSR count). The molecule has 0 heteroatoms. The van der Waals surface area contributed by atoms with Crippen LogP contribution in [0.25, 0.3) is 0 Å². The van der Waals surface area contributed by atoms with E-state index in [-0.39, 0.29) is 0 Å². The standard InChI is InChI=1S/C7H13/c1-2-4-6-7-5-3-1/h1H,2-7H2/i1D. The van der Waals surface area contributed by atoms with E-state index in [0.717, 1.165) is 19.2 Å². The monoisotopic (exact) mass is 98.1 g/mol. The molecule has 0 N–H and O–H groups in total. The van der Waals surface area contributed by atoms with Crippen LogP contribution in [0.1, 0.15) is 39.9 Å². The molecule has 0 aromatic carbocycles. The molecule has 41 valence electrons. The molecule has 7 heavy (non-hydrogen) atoms. The van der Waals surface area contributed by atoms with Gasteiger partial charge >= 0.3 is 0 Å². The fourth-order valence-electron chi connectivity index (χ4n) is 0.979. The van der Waals surface area contributed by atoms with Gasteiger partial charge in [-0.25, -0.2) is 0 Å². The summed E-state index contributed by atoms with van der Waals surface area (Å²) in [7, 11) is 0. The van der Waals surface area contributed by atoms with Gasteiger partial charge in [-0.3, -0.25) is 0 Å². The Morgan fingerprint density at radius 1 is 1.00 bits per heavy atom. The minimum Gasteiger partial charge on any atom is -0.0533 e. The second-order valence-electron chi connectivity index (χ2n) is 2.16. The fourth-order valence-corrected chi connectivity index (χ4v) is 0.979. The Kier molecular flexibility index (Phi) is 1.72. The van der Waals surface area contributed by atoms with E-state index in [1.54, 1.807) is 0 Å². The molecular weight excluding hydrogens is 84.1 g/mol. The normalized spacial score (nSPS) is 28.9. The van der Waals surface area contributed by atoms with E-state index in [1.807, 2.05) is 0 Å². The van der Waals surface area contributed by atoms with E-state index in [2.05, 4.69) is 0 Å². The predicted molar refractivity (Wildman–Crippen MR) is 32.0 cm³/mol. The molecule has 1 aliphatic carbocycles. The lowest BCUT2D eigenvalue weighted by molar-refractivity contribution is 0.702. The summed E-state index contributed by atoms with van der Waals surface area (Å²) in [6.45, 7) is 0. The minimum atomic E-state index is 0.975. The molecule has 1 radical (unpaired) electrons. The molecule has 0 atom stereocenters. The molecule has 0 unspecified atom stereocenters. The van der Waals surface area contributed by atoms with Gasteiger partial charge in [-0.05, 0) is 6.40 Å². The Balaban J connectivity index is 2.17.